The first-order chi connectivity index (χ1) is 13.8. The van der Waals surface area contributed by atoms with Gasteiger partial charge in [-0.15, -0.1) is 0 Å². The third-order valence-electron chi connectivity index (χ3n) is 5.92. The number of rotatable bonds is 11. The van der Waals surface area contributed by atoms with E-state index in [1.165, 1.54) is 0 Å². The van der Waals surface area contributed by atoms with E-state index in [1.54, 1.807) is 0 Å². The first-order valence-electron chi connectivity index (χ1n) is 11.0. The molecule has 176 valence electrons. The SMILES string of the molecule is C=C(I)C(C)C[C@@H](CC[C@@H]1O[C@@H](CCC2OCC(C)(C)CO2)CC1C)OS(C)(=O)=O. The summed E-state index contributed by atoms with van der Waals surface area (Å²) < 4.78 is 47.7. The van der Waals surface area contributed by atoms with Crippen molar-refractivity contribution in [3.8, 4) is 0 Å². The fourth-order valence-electron chi connectivity index (χ4n) is 4.08. The molecule has 2 unspecified atom stereocenters. The van der Waals surface area contributed by atoms with E-state index in [0.29, 0.717) is 18.8 Å². The van der Waals surface area contributed by atoms with Crippen molar-refractivity contribution in [2.24, 2.45) is 17.3 Å². The van der Waals surface area contributed by atoms with Crippen LogP contribution in [-0.2, 0) is 28.5 Å². The lowest BCUT2D eigenvalue weighted by Gasteiger charge is -2.34. The van der Waals surface area contributed by atoms with Gasteiger partial charge in [-0.2, -0.15) is 8.42 Å². The van der Waals surface area contributed by atoms with E-state index < -0.39 is 10.1 Å². The van der Waals surface area contributed by atoms with Crippen LogP contribution in [0, 0.1) is 17.3 Å². The Morgan fingerprint density at radius 2 is 1.87 bits per heavy atom. The van der Waals surface area contributed by atoms with E-state index in [1.807, 2.05) is 0 Å². The molecule has 0 amide bonds. The van der Waals surface area contributed by atoms with Gasteiger partial charge in [0.15, 0.2) is 6.29 Å². The predicted octanol–water partition coefficient (Wildman–Crippen LogP) is 5.06. The predicted molar refractivity (Wildman–Crippen MR) is 127 cm³/mol. The molecule has 0 saturated carbocycles. The maximum Gasteiger partial charge on any atom is 0.264 e. The van der Waals surface area contributed by atoms with Crippen molar-refractivity contribution >= 4 is 32.7 Å². The molecule has 2 aliphatic heterocycles. The third-order valence-corrected chi connectivity index (χ3v) is 7.60. The molecular weight excluding hydrogens is 519 g/mol. The van der Waals surface area contributed by atoms with Gasteiger partial charge in [0, 0.05) is 11.8 Å². The first-order valence-corrected chi connectivity index (χ1v) is 13.9. The number of allylic oxidation sites excluding steroid dienone is 1. The molecular formula is C22H39IO6S. The molecule has 0 aromatic carbocycles. The standard InChI is InChI=1S/C22H39IO6S/c1-15(17(3)23)11-19(29-30(6,24)25)7-9-20-16(2)12-18(28-20)8-10-21-26-13-22(4,5)14-27-21/h15-16,18-21H,3,7-14H2,1-2,4-6H3/t15?,16?,18-,19+,20-/m0/s1. The van der Waals surface area contributed by atoms with Gasteiger partial charge in [-0.3, -0.25) is 4.18 Å². The quantitative estimate of drug-likeness (QED) is 0.261. The second-order valence-corrected chi connectivity index (χ2v) is 12.9. The average Bonchev–Trinajstić information content (AvgIpc) is 2.97. The van der Waals surface area contributed by atoms with Gasteiger partial charge >= 0.3 is 0 Å². The molecule has 0 aromatic rings. The van der Waals surface area contributed by atoms with E-state index in [2.05, 4.69) is 56.9 Å². The summed E-state index contributed by atoms with van der Waals surface area (Å²) in [4.78, 5) is 0. The third kappa shape index (κ3) is 9.40. The highest BCUT2D eigenvalue weighted by Gasteiger charge is 2.34. The normalized spacial score (nSPS) is 29.6. The molecule has 2 aliphatic rings. The smallest absolute Gasteiger partial charge is 0.264 e. The van der Waals surface area contributed by atoms with Gasteiger partial charge in [-0.1, -0.05) is 34.3 Å². The molecule has 0 spiro atoms. The number of halogens is 1. The van der Waals surface area contributed by atoms with Crippen molar-refractivity contribution in [1.29, 1.82) is 0 Å². The van der Waals surface area contributed by atoms with Crippen LogP contribution in [0.1, 0.15) is 66.2 Å². The molecule has 2 fully saturated rings. The molecule has 30 heavy (non-hydrogen) atoms. The molecule has 6 nitrogen and oxygen atoms in total. The van der Waals surface area contributed by atoms with Gasteiger partial charge in [0.2, 0.25) is 0 Å². The molecule has 0 aromatic heterocycles. The molecule has 2 heterocycles. The summed E-state index contributed by atoms with van der Waals surface area (Å²) in [6.07, 6.45) is 5.85. The van der Waals surface area contributed by atoms with Crippen LogP contribution < -0.4 is 0 Å². The zero-order valence-electron chi connectivity index (χ0n) is 19.1. The van der Waals surface area contributed by atoms with Crippen molar-refractivity contribution in [1.82, 2.24) is 0 Å². The Balaban J connectivity index is 1.79. The van der Waals surface area contributed by atoms with E-state index in [4.69, 9.17) is 18.4 Å². The Labute approximate surface area is 196 Å². The van der Waals surface area contributed by atoms with Crippen molar-refractivity contribution in [2.75, 3.05) is 19.5 Å². The van der Waals surface area contributed by atoms with Crippen LogP contribution in [0.25, 0.3) is 0 Å². The Kier molecular flexibility index (Phi) is 10.1. The van der Waals surface area contributed by atoms with Crippen LogP contribution in [0.5, 0.6) is 0 Å². The van der Waals surface area contributed by atoms with E-state index in [9.17, 15) is 8.42 Å². The van der Waals surface area contributed by atoms with Crippen LogP contribution in [-0.4, -0.2) is 52.5 Å². The van der Waals surface area contributed by atoms with Gasteiger partial charge in [-0.05, 0) is 70.1 Å². The summed E-state index contributed by atoms with van der Waals surface area (Å²) in [5.74, 6) is 0.644. The largest absolute Gasteiger partial charge is 0.375 e. The second kappa shape index (κ2) is 11.4. The van der Waals surface area contributed by atoms with Crippen molar-refractivity contribution < 1.29 is 26.8 Å². The summed E-state index contributed by atoms with van der Waals surface area (Å²) in [6.45, 7) is 14.0. The summed E-state index contributed by atoms with van der Waals surface area (Å²) in [5, 5.41) is 0. The maximum atomic E-state index is 11.7. The van der Waals surface area contributed by atoms with Crippen LogP contribution in [0.3, 0.4) is 0 Å². The Morgan fingerprint density at radius 3 is 2.43 bits per heavy atom. The summed E-state index contributed by atoms with van der Waals surface area (Å²) in [5.41, 5.74) is 0.0890. The van der Waals surface area contributed by atoms with Crippen molar-refractivity contribution in [3.63, 3.8) is 0 Å². The highest BCUT2D eigenvalue weighted by atomic mass is 127. The monoisotopic (exact) mass is 558 g/mol. The molecule has 0 radical (unpaired) electrons. The number of hydrogen-bond donors (Lipinski definition) is 0. The van der Waals surface area contributed by atoms with E-state index in [0.717, 1.165) is 48.7 Å². The Bertz CT molecular complexity index is 655. The van der Waals surface area contributed by atoms with Crippen LogP contribution in [0.2, 0.25) is 0 Å². The summed E-state index contributed by atoms with van der Waals surface area (Å²) in [7, 11) is -3.49. The first kappa shape index (κ1) is 26.5. The molecule has 2 rings (SSSR count). The van der Waals surface area contributed by atoms with Gasteiger partial charge in [0.05, 0.1) is 37.8 Å². The molecule has 0 bridgehead atoms. The molecule has 0 N–H and O–H groups in total. The van der Waals surface area contributed by atoms with Crippen molar-refractivity contribution in [2.45, 2.75) is 90.8 Å². The van der Waals surface area contributed by atoms with Gasteiger partial charge in [0.1, 0.15) is 0 Å². The zero-order valence-corrected chi connectivity index (χ0v) is 22.0. The fraction of sp³-hybridized carbons (Fsp3) is 0.909. The Morgan fingerprint density at radius 1 is 1.23 bits per heavy atom. The minimum atomic E-state index is -3.49. The van der Waals surface area contributed by atoms with Crippen LogP contribution >= 0.6 is 22.6 Å². The molecule has 0 aliphatic carbocycles. The number of hydrogen-bond acceptors (Lipinski definition) is 6. The van der Waals surface area contributed by atoms with Crippen molar-refractivity contribution in [3.05, 3.63) is 10.2 Å². The van der Waals surface area contributed by atoms with Crippen LogP contribution in [0.15, 0.2) is 10.2 Å². The van der Waals surface area contributed by atoms with Gasteiger partial charge in [-0.25, -0.2) is 0 Å². The van der Waals surface area contributed by atoms with Gasteiger partial charge in [0.25, 0.3) is 10.1 Å². The van der Waals surface area contributed by atoms with Crippen LogP contribution in [0.4, 0.5) is 0 Å². The topological polar surface area (TPSA) is 71.1 Å². The minimum Gasteiger partial charge on any atom is -0.375 e. The van der Waals surface area contributed by atoms with Gasteiger partial charge < -0.3 is 14.2 Å². The highest BCUT2D eigenvalue weighted by Crippen LogP contribution is 2.34. The summed E-state index contributed by atoms with van der Waals surface area (Å²) in [6, 6.07) is 0. The zero-order chi connectivity index (χ0) is 22.5. The van der Waals surface area contributed by atoms with E-state index in [-0.39, 0.29) is 35.9 Å². The molecule has 8 heteroatoms. The molecule has 5 atom stereocenters. The maximum absolute atomic E-state index is 11.7. The average molecular weight is 559 g/mol. The highest BCUT2D eigenvalue weighted by molar-refractivity contribution is 14.1. The summed E-state index contributed by atoms with van der Waals surface area (Å²) >= 11 is 2.20. The lowest BCUT2D eigenvalue weighted by atomic mass is 9.94. The Hall–Kier alpha value is 0.260. The molecule has 2 saturated heterocycles. The number of ether oxygens (including phenoxy) is 3. The lowest BCUT2D eigenvalue weighted by molar-refractivity contribution is -0.225. The fourth-order valence-corrected chi connectivity index (χ4v) is 5.01. The minimum absolute atomic E-state index is 0.0890. The lowest BCUT2D eigenvalue weighted by Crippen LogP contribution is -2.38. The second-order valence-electron chi connectivity index (χ2n) is 9.89. The van der Waals surface area contributed by atoms with E-state index >= 15 is 0 Å².